The molecule has 4 atom stereocenters. The van der Waals surface area contributed by atoms with E-state index in [1.54, 1.807) is 0 Å². The molecule has 0 bridgehead atoms. The molecule has 0 aromatic carbocycles. The van der Waals surface area contributed by atoms with Gasteiger partial charge in [0.1, 0.15) is 12.2 Å². The van der Waals surface area contributed by atoms with E-state index < -0.39 is 42.0 Å². The molecule has 2 rings (SSSR count). The summed E-state index contributed by atoms with van der Waals surface area (Å²) in [5.74, 6) is 0. The zero-order chi connectivity index (χ0) is 14.9. The highest BCUT2D eigenvalue weighted by Gasteiger charge is 2.56. The van der Waals surface area contributed by atoms with Crippen molar-refractivity contribution in [3.8, 4) is 0 Å². The second-order valence-electron chi connectivity index (χ2n) is 4.26. The van der Waals surface area contributed by atoms with Crippen LogP contribution in [0.15, 0.2) is 21.9 Å². The Morgan fingerprint density at radius 2 is 2.25 bits per heavy atom. The number of aromatic amines is 1. The van der Waals surface area contributed by atoms with Gasteiger partial charge in [0, 0.05) is 12.3 Å². The molecule has 0 spiro atoms. The predicted octanol–water partition coefficient (Wildman–Crippen LogP) is -3.78. The molecule has 10 heteroatoms. The van der Waals surface area contributed by atoms with E-state index in [4.69, 9.17) is 9.84 Å². The van der Waals surface area contributed by atoms with Gasteiger partial charge in [0.05, 0.1) is 6.61 Å². The maximum atomic E-state index is 11.7. The molecule has 110 valence electrons. The summed E-state index contributed by atoms with van der Waals surface area (Å²) in [6.45, 7) is -0.640. The Balaban J connectivity index is 2.50. The van der Waals surface area contributed by atoms with Crippen molar-refractivity contribution in [2.45, 2.75) is 24.2 Å². The molecule has 1 saturated heterocycles. The normalized spacial score (nSPS) is 33.0. The van der Waals surface area contributed by atoms with Gasteiger partial charge in [-0.05, 0) is 0 Å². The first-order valence-electron chi connectivity index (χ1n) is 5.63. The molecule has 0 radical (unpaired) electrons. The number of nitrogens with zero attached hydrogens (tertiary/aromatic N) is 1. The zero-order valence-electron chi connectivity index (χ0n) is 10.1. The van der Waals surface area contributed by atoms with Crippen LogP contribution in [0.3, 0.4) is 0 Å². The van der Waals surface area contributed by atoms with Gasteiger partial charge in [0.15, 0.2) is 6.23 Å². The highest BCUT2D eigenvalue weighted by Crippen LogP contribution is 2.35. The molecule has 20 heavy (non-hydrogen) atoms. The maximum absolute atomic E-state index is 11.7. The number of hydrogen-bond donors (Lipinski definition) is 5. The fraction of sp³-hybridized carbons (Fsp3) is 0.500. The highest BCUT2D eigenvalue weighted by atomic mass is 16.6. The highest BCUT2D eigenvalue weighted by molar-refractivity contribution is 5.48. The predicted molar refractivity (Wildman–Crippen MR) is 62.5 cm³/mol. The first-order chi connectivity index (χ1) is 9.43. The summed E-state index contributed by atoms with van der Waals surface area (Å²) in [6, 6.07) is 1.00. The number of amides is 1. The number of rotatable bonds is 4. The van der Waals surface area contributed by atoms with E-state index in [1.807, 2.05) is 10.3 Å². The lowest BCUT2D eigenvalue weighted by Crippen LogP contribution is -2.58. The number of nitrogens with one attached hydrogen (secondary N) is 2. The molecule has 1 aliphatic heterocycles. The molecule has 1 fully saturated rings. The van der Waals surface area contributed by atoms with Crippen LogP contribution in [0, 0.1) is 0 Å². The first-order valence-corrected chi connectivity index (χ1v) is 5.63. The van der Waals surface area contributed by atoms with Crippen LogP contribution in [0.25, 0.3) is 0 Å². The Hall–Kier alpha value is -2.01. The van der Waals surface area contributed by atoms with Crippen LogP contribution >= 0.6 is 0 Å². The van der Waals surface area contributed by atoms with Gasteiger partial charge in [0.25, 0.3) is 5.56 Å². The molecule has 5 N–H and O–H groups in total. The fourth-order valence-corrected chi connectivity index (χ4v) is 2.06. The minimum atomic E-state index is -2.32. The second kappa shape index (κ2) is 5.17. The van der Waals surface area contributed by atoms with Gasteiger partial charge >= 0.3 is 5.69 Å². The van der Waals surface area contributed by atoms with Crippen molar-refractivity contribution in [2.75, 3.05) is 6.61 Å². The minimum Gasteiger partial charge on any atom is -0.394 e. The third kappa shape index (κ3) is 2.14. The van der Waals surface area contributed by atoms with Gasteiger partial charge in [0.2, 0.25) is 12.1 Å². The molecular weight excluding hydrogens is 274 g/mol. The summed E-state index contributed by atoms with van der Waals surface area (Å²) >= 11 is 0. The van der Waals surface area contributed by atoms with E-state index in [0.717, 1.165) is 16.8 Å². The molecule has 2 heterocycles. The third-order valence-corrected chi connectivity index (χ3v) is 3.06. The zero-order valence-corrected chi connectivity index (χ0v) is 10.1. The van der Waals surface area contributed by atoms with Crippen LogP contribution in [0.1, 0.15) is 6.23 Å². The van der Waals surface area contributed by atoms with Crippen LogP contribution in [0.4, 0.5) is 0 Å². The number of hydrogen-bond acceptors (Lipinski definition) is 7. The van der Waals surface area contributed by atoms with Gasteiger partial charge in [-0.3, -0.25) is 19.1 Å². The monoisotopic (exact) mass is 287 g/mol. The summed E-state index contributed by atoms with van der Waals surface area (Å²) in [4.78, 5) is 35.2. The number of carbonyl (C=O) groups excluding carboxylic acids is 1. The van der Waals surface area contributed by atoms with Gasteiger partial charge in [-0.1, -0.05) is 0 Å². The van der Waals surface area contributed by atoms with Gasteiger partial charge in [-0.25, -0.2) is 4.79 Å². The number of aromatic nitrogens is 2. The first kappa shape index (κ1) is 14.4. The van der Waals surface area contributed by atoms with Gasteiger partial charge in [-0.2, -0.15) is 0 Å². The van der Waals surface area contributed by atoms with E-state index in [2.05, 4.69) is 0 Å². The third-order valence-electron chi connectivity index (χ3n) is 3.06. The average molecular weight is 287 g/mol. The molecule has 0 aliphatic carbocycles. The smallest absolute Gasteiger partial charge is 0.330 e. The van der Waals surface area contributed by atoms with Crippen LogP contribution in [-0.4, -0.2) is 55.8 Å². The number of H-pyrrole nitrogens is 1. The lowest BCUT2D eigenvalue weighted by Gasteiger charge is -2.30. The standard InChI is InChI=1S/C10H13N3O7/c14-3-5-7(17)10(19,11-4-15)8(20-5)13-2-1-6(16)12-9(13)18/h1-2,4-5,7-8,14,17,19H,3H2,(H,11,15)(H,12,16,18)/t5-,7-,8-,10-/m1/s1. The van der Waals surface area contributed by atoms with Crippen molar-refractivity contribution in [2.24, 2.45) is 0 Å². The SMILES string of the molecule is O=CN[C@@]1(O)[C@H](O)[C@@H](CO)O[C@H]1n1ccc(=O)[nH]c1=O. The van der Waals surface area contributed by atoms with Crippen LogP contribution < -0.4 is 16.6 Å². The van der Waals surface area contributed by atoms with Gasteiger partial charge in [-0.15, -0.1) is 0 Å². The fourth-order valence-electron chi connectivity index (χ4n) is 2.06. The molecule has 1 aromatic heterocycles. The van der Waals surface area contributed by atoms with E-state index in [0.29, 0.717) is 0 Å². The molecule has 0 unspecified atom stereocenters. The summed E-state index contributed by atoms with van der Waals surface area (Å²) < 4.78 is 5.96. The summed E-state index contributed by atoms with van der Waals surface area (Å²) in [6.07, 6.45) is -3.23. The quantitative estimate of drug-likeness (QED) is 0.281. The van der Waals surface area contributed by atoms with Crippen molar-refractivity contribution < 1.29 is 24.9 Å². The Bertz CT molecular complexity index is 611. The lowest BCUT2D eigenvalue weighted by molar-refractivity contribution is -0.144. The summed E-state index contributed by atoms with van der Waals surface area (Å²) in [5, 5.41) is 31.2. The molecule has 10 nitrogen and oxygen atoms in total. The lowest BCUT2D eigenvalue weighted by atomic mass is 10.0. The Morgan fingerprint density at radius 1 is 1.55 bits per heavy atom. The van der Waals surface area contributed by atoms with Crippen molar-refractivity contribution in [3.05, 3.63) is 33.1 Å². The van der Waals surface area contributed by atoms with Crippen molar-refractivity contribution in [1.29, 1.82) is 0 Å². The Kier molecular flexibility index (Phi) is 3.72. The molecule has 1 amide bonds. The minimum absolute atomic E-state index is 0.121. The van der Waals surface area contributed by atoms with Gasteiger partial charge < -0.3 is 25.4 Å². The van der Waals surface area contributed by atoms with E-state index >= 15 is 0 Å². The molecular formula is C10H13N3O7. The Labute approximate surface area is 111 Å². The summed E-state index contributed by atoms with van der Waals surface area (Å²) in [7, 11) is 0. The van der Waals surface area contributed by atoms with Crippen LogP contribution in [0.2, 0.25) is 0 Å². The average Bonchev–Trinajstić information content (AvgIpc) is 2.63. The second-order valence-corrected chi connectivity index (χ2v) is 4.26. The molecule has 1 aliphatic rings. The number of aliphatic hydroxyl groups is 3. The van der Waals surface area contributed by atoms with E-state index in [9.17, 15) is 24.6 Å². The number of ether oxygens (including phenoxy) is 1. The number of carbonyl (C=O) groups is 1. The van der Waals surface area contributed by atoms with Crippen molar-refractivity contribution in [3.63, 3.8) is 0 Å². The summed E-state index contributed by atoms with van der Waals surface area (Å²) in [5.41, 5.74) is -3.88. The maximum Gasteiger partial charge on any atom is 0.330 e. The van der Waals surface area contributed by atoms with E-state index in [-0.39, 0.29) is 6.41 Å². The molecule has 0 saturated carbocycles. The Morgan fingerprint density at radius 3 is 2.80 bits per heavy atom. The molecule has 1 aromatic rings. The van der Waals surface area contributed by atoms with E-state index in [1.165, 1.54) is 0 Å². The van der Waals surface area contributed by atoms with Crippen molar-refractivity contribution in [1.82, 2.24) is 14.9 Å². The number of aliphatic hydroxyl groups excluding tert-OH is 2. The largest absolute Gasteiger partial charge is 0.394 e. The van der Waals surface area contributed by atoms with Crippen molar-refractivity contribution >= 4 is 6.41 Å². The van der Waals surface area contributed by atoms with Crippen LogP contribution in [0.5, 0.6) is 0 Å². The topological polar surface area (TPSA) is 154 Å². The van der Waals surface area contributed by atoms with Crippen LogP contribution in [-0.2, 0) is 9.53 Å².